The maximum absolute atomic E-state index is 11.2. The smallest absolute Gasteiger partial charge is 0.280 e. The molecule has 1 spiro atoms. The summed E-state index contributed by atoms with van der Waals surface area (Å²) >= 11 is 0. The molecule has 1 aromatic heterocycles. The molecule has 1 aliphatic carbocycles. The van der Waals surface area contributed by atoms with Crippen molar-refractivity contribution in [3.05, 3.63) is 12.5 Å². The van der Waals surface area contributed by atoms with Crippen LogP contribution >= 0.6 is 10.7 Å². The molecule has 2 aliphatic rings. The molecule has 7 heteroatoms. The van der Waals surface area contributed by atoms with Crippen molar-refractivity contribution in [1.29, 1.82) is 0 Å². The van der Waals surface area contributed by atoms with Crippen molar-refractivity contribution in [2.45, 2.75) is 48.8 Å². The minimum Gasteiger partial charge on any atom is -0.375 e. The molecule has 3 rings (SSSR count). The predicted octanol–water partition coefficient (Wildman–Crippen LogP) is 2.08. The summed E-state index contributed by atoms with van der Waals surface area (Å²) in [6.07, 6.45) is 8.34. The molecule has 0 amide bonds. The van der Waals surface area contributed by atoms with Gasteiger partial charge in [0.25, 0.3) is 9.05 Å². The second kappa shape index (κ2) is 4.21. The molecule has 18 heavy (non-hydrogen) atoms. The molecule has 0 aromatic carbocycles. The standard InChI is InChI=1S/C11H15ClN2O3S/c12-18(15,16)10-7-14(8-13-10)9-2-5-17-11(6-9)3-1-4-11/h7-9H,1-6H2. The van der Waals surface area contributed by atoms with E-state index in [1.54, 1.807) is 6.33 Å². The Kier molecular flexibility index (Phi) is 2.91. The Morgan fingerprint density at radius 3 is 2.83 bits per heavy atom. The molecule has 2 fully saturated rings. The van der Waals surface area contributed by atoms with Crippen LogP contribution < -0.4 is 0 Å². The Morgan fingerprint density at radius 1 is 1.50 bits per heavy atom. The van der Waals surface area contributed by atoms with Gasteiger partial charge in [0.15, 0.2) is 5.03 Å². The second-order valence-electron chi connectivity index (χ2n) is 5.13. The van der Waals surface area contributed by atoms with Gasteiger partial charge in [-0.2, -0.15) is 0 Å². The minimum atomic E-state index is -3.73. The van der Waals surface area contributed by atoms with E-state index in [2.05, 4.69) is 4.98 Å². The molecule has 0 radical (unpaired) electrons. The number of halogens is 1. The van der Waals surface area contributed by atoms with Crippen molar-refractivity contribution in [3.8, 4) is 0 Å². The monoisotopic (exact) mass is 290 g/mol. The van der Waals surface area contributed by atoms with E-state index in [-0.39, 0.29) is 16.7 Å². The molecule has 1 atom stereocenters. The highest BCUT2D eigenvalue weighted by atomic mass is 35.7. The fourth-order valence-electron chi connectivity index (χ4n) is 2.82. The third-order valence-electron chi connectivity index (χ3n) is 3.98. The van der Waals surface area contributed by atoms with Crippen molar-refractivity contribution in [1.82, 2.24) is 9.55 Å². The number of imidazole rings is 1. The molecular weight excluding hydrogens is 276 g/mol. The number of nitrogens with zero attached hydrogens (tertiary/aromatic N) is 2. The molecule has 2 heterocycles. The summed E-state index contributed by atoms with van der Waals surface area (Å²) in [6.45, 7) is 0.728. The van der Waals surface area contributed by atoms with Crippen molar-refractivity contribution < 1.29 is 13.2 Å². The first-order valence-corrected chi connectivity index (χ1v) is 8.42. The van der Waals surface area contributed by atoms with E-state index in [4.69, 9.17) is 15.4 Å². The Bertz CT molecular complexity index is 550. The van der Waals surface area contributed by atoms with Gasteiger partial charge in [-0.25, -0.2) is 13.4 Å². The summed E-state index contributed by atoms with van der Waals surface area (Å²) in [5, 5.41) is -0.0710. The first-order valence-electron chi connectivity index (χ1n) is 6.11. The molecule has 1 unspecified atom stereocenters. The number of rotatable bonds is 2. The largest absolute Gasteiger partial charge is 0.375 e. The van der Waals surface area contributed by atoms with Crippen LogP contribution in [-0.4, -0.2) is 30.2 Å². The summed E-state index contributed by atoms with van der Waals surface area (Å²) in [4.78, 5) is 3.86. The van der Waals surface area contributed by atoms with Gasteiger partial charge in [-0.15, -0.1) is 0 Å². The molecule has 100 valence electrons. The Morgan fingerprint density at radius 2 is 2.28 bits per heavy atom. The summed E-state index contributed by atoms with van der Waals surface area (Å²) in [7, 11) is 1.55. The zero-order chi connectivity index (χ0) is 12.8. The van der Waals surface area contributed by atoms with Crippen LogP contribution in [0, 0.1) is 0 Å². The number of hydrogen-bond donors (Lipinski definition) is 0. The van der Waals surface area contributed by atoms with E-state index in [0.29, 0.717) is 0 Å². The lowest BCUT2D eigenvalue weighted by Gasteiger charge is -2.47. The van der Waals surface area contributed by atoms with Crippen LogP contribution in [0.15, 0.2) is 17.6 Å². The van der Waals surface area contributed by atoms with E-state index < -0.39 is 9.05 Å². The molecule has 1 aliphatic heterocycles. The van der Waals surface area contributed by atoms with Gasteiger partial charge in [-0.1, -0.05) is 0 Å². The third kappa shape index (κ3) is 2.17. The Hall–Kier alpha value is -0.590. The van der Waals surface area contributed by atoms with Gasteiger partial charge in [-0.3, -0.25) is 0 Å². The van der Waals surface area contributed by atoms with E-state index >= 15 is 0 Å². The highest BCUT2D eigenvalue weighted by Crippen LogP contribution is 2.45. The molecule has 1 saturated heterocycles. The topological polar surface area (TPSA) is 61.2 Å². The number of aromatic nitrogens is 2. The second-order valence-corrected chi connectivity index (χ2v) is 7.64. The van der Waals surface area contributed by atoms with Crippen LogP contribution in [0.3, 0.4) is 0 Å². The first kappa shape index (κ1) is 12.4. The van der Waals surface area contributed by atoms with Crippen LogP contribution in [0.25, 0.3) is 0 Å². The molecular formula is C11H15ClN2O3S. The van der Waals surface area contributed by atoms with Gasteiger partial charge in [-0.05, 0) is 32.1 Å². The lowest BCUT2D eigenvalue weighted by Crippen LogP contribution is -2.45. The van der Waals surface area contributed by atoms with Crippen LogP contribution in [-0.2, 0) is 13.8 Å². The van der Waals surface area contributed by atoms with Gasteiger partial charge in [0, 0.05) is 29.5 Å². The first-order chi connectivity index (χ1) is 8.49. The quantitative estimate of drug-likeness (QED) is 0.783. The van der Waals surface area contributed by atoms with Crippen LogP contribution in [0.4, 0.5) is 0 Å². The summed E-state index contributed by atoms with van der Waals surface area (Å²) in [5.74, 6) is 0. The lowest BCUT2D eigenvalue weighted by atomic mass is 9.74. The summed E-state index contributed by atoms with van der Waals surface area (Å²) in [6, 6.07) is 0.263. The highest BCUT2D eigenvalue weighted by molar-refractivity contribution is 8.13. The zero-order valence-electron chi connectivity index (χ0n) is 9.88. The van der Waals surface area contributed by atoms with Gasteiger partial charge in [0.2, 0.25) is 0 Å². The van der Waals surface area contributed by atoms with Crippen molar-refractivity contribution in [2.24, 2.45) is 0 Å². The zero-order valence-corrected chi connectivity index (χ0v) is 11.5. The lowest BCUT2D eigenvalue weighted by molar-refractivity contribution is -0.140. The van der Waals surface area contributed by atoms with Crippen LogP contribution in [0.1, 0.15) is 38.1 Å². The van der Waals surface area contributed by atoms with Crippen LogP contribution in [0.5, 0.6) is 0 Å². The fourth-order valence-corrected chi connectivity index (χ4v) is 3.48. The SMILES string of the molecule is O=S(=O)(Cl)c1cn(C2CCOC3(CCC3)C2)cn1. The third-order valence-corrected chi connectivity index (χ3v) is 5.17. The minimum absolute atomic E-state index is 0.0349. The summed E-state index contributed by atoms with van der Waals surface area (Å²) < 4.78 is 30.1. The Labute approximate surface area is 111 Å². The maximum Gasteiger partial charge on any atom is 0.280 e. The van der Waals surface area contributed by atoms with E-state index in [0.717, 1.165) is 32.3 Å². The highest BCUT2D eigenvalue weighted by Gasteiger charge is 2.43. The van der Waals surface area contributed by atoms with E-state index in [9.17, 15) is 8.42 Å². The molecule has 1 saturated carbocycles. The maximum atomic E-state index is 11.2. The van der Waals surface area contributed by atoms with Gasteiger partial charge >= 0.3 is 0 Å². The van der Waals surface area contributed by atoms with Crippen molar-refractivity contribution in [2.75, 3.05) is 6.61 Å². The summed E-state index contributed by atoms with van der Waals surface area (Å²) in [5.41, 5.74) is 0.0349. The predicted molar refractivity (Wildman–Crippen MR) is 66.1 cm³/mol. The molecule has 0 bridgehead atoms. The normalized spacial score (nSPS) is 27.1. The molecule has 1 aromatic rings. The molecule has 5 nitrogen and oxygen atoms in total. The molecule has 0 N–H and O–H groups in total. The fraction of sp³-hybridized carbons (Fsp3) is 0.727. The average molecular weight is 291 g/mol. The van der Waals surface area contributed by atoms with Crippen LogP contribution in [0.2, 0.25) is 0 Å². The van der Waals surface area contributed by atoms with Gasteiger partial charge in [0.05, 0.1) is 11.9 Å². The van der Waals surface area contributed by atoms with Crippen molar-refractivity contribution in [3.63, 3.8) is 0 Å². The van der Waals surface area contributed by atoms with E-state index in [1.165, 1.54) is 12.6 Å². The van der Waals surface area contributed by atoms with Gasteiger partial charge < -0.3 is 9.30 Å². The number of hydrogen-bond acceptors (Lipinski definition) is 4. The van der Waals surface area contributed by atoms with E-state index in [1.807, 2.05) is 4.57 Å². The van der Waals surface area contributed by atoms with Crippen molar-refractivity contribution >= 4 is 19.7 Å². The average Bonchev–Trinajstić information content (AvgIpc) is 2.76. The number of ether oxygens (including phenoxy) is 1. The van der Waals surface area contributed by atoms with Gasteiger partial charge in [0.1, 0.15) is 0 Å². The Balaban J connectivity index is 1.80.